The summed E-state index contributed by atoms with van der Waals surface area (Å²) in [4.78, 5) is 2.41. The van der Waals surface area contributed by atoms with E-state index in [1.165, 1.54) is 43.7 Å². The van der Waals surface area contributed by atoms with Crippen molar-refractivity contribution in [1.29, 1.82) is 0 Å². The van der Waals surface area contributed by atoms with Crippen LogP contribution in [0.5, 0.6) is 0 Å². The Balaban J connectivity index is -0.000000344. The van der Waals surface area contributed by atoms with Gasteiger partial charge in [-0.15, -0.1) is 0 Å². The number of hydrogen-bond donors (Lipinski definition) is 0. The smallest absolute Gasteiger partial charge is 0.0972 e. The van der Waals surface area contributed by atoms with Gasteiger partial charge in [-0.2, -0.15) is 0 Å². The molecule has 0 unspecified atom stereocenters. The second-order valence-electron chi connectivity index (χ2n) is 5.26. The van der Waals surface area contributed by atoms with Crippen molar-refractivity contribution in [3.63, 3.8) is 0 Å². The fraction of sp³-hybridized carbons (Fsp3) is 0.900. The van der Waals surface area contributed by atoms with Gasteiger partial charge in [0.1, 0.15) is 0 Å². The van der Waals surface area contributed by atoms with Gasteiger partial charge in [-0.25, -0.2) is 0 Å². The van der Waals surface area contributed by atoms with Crippen LogP contribution in [0.4, 0.5) is 0 Å². The molecule has 0 saturated carbocycles. The third-order valence-electron chi connectivity index (χ3n) is 3.83. The molecule has 22 heavy (non-hydrogen) atoms. The van der Waals surface area contributed by atoms with Gasteiger partial charge in [0.2, 0.25) is 0 Å². The first kappa shape index (κ1) is 26.4. The minimum absolute atomic E-state index is 0.399. The zero-order chi connectivity index (χ0) is 18.2. The molecule has 0 radical (unpaired) electrons. The summed E-state index contributed by atoms with van der Waals surface area (Å²) in [6, 6.07) is 0. The molecule has 0 aromatic rings. The van der Waals surface area contributed by atoms with E-state index in [2.05, 4.69) is 39.6 Å². The SMILES string of the molecule is CC.CC.CC.CC1=C(C)C2(CCN(C)CC2)CO1.CCC. The predicted octanol–water partition coefficient (Wildman–Crippen LogP) is 6.52. The minimum Gasteiger partial charge on any atom is -0.497 e. The van der Waals surface area contributed by atoms with E-state index in [4.69, 9.17) is 4.74 Å². The predicted molar refractivity (Wildman–Crippen MR) is 103 cm³/mol. The van der Waals surface area contributed by atoms with Crippen molar-refractivity contribution in [1.82, 2.24) is 4.90 Å². The van der Waals surface area contributed by atoms with Gasteiger partial charge in [0.15, 0.2) is 0 Å². The molecule has 0 N–H and O–H groups in total. The molecule has 2 aliphatic rings. The van der Waals surface area contributed by atoms with Crippen LogP contribution in [-0.2, 0) is 4.74 Å². The van der Waals surface area contributed by atoms with E-state index < -0.39 is 0 Å². The Labute approximate surface area is 142 Å². The van der Waals surface area contributed by atoms with E-state index >= 15 is 0 Å². The summed E-state index contributed by atoms with van der Waals surface area (Å²) in [5.41, 5.74) is 1.90. The van der Waals surface area contributed by atoms with Crippen LogP contribution in [0.3, 0.4) is 0 Å². The van der Waals surface area contributed by atoms with Crippen molar-refractivity contribution in [3.8, 4) is 0 Å². The van der Waals surface area contributed by atoms with Gasteiger partial charge in [0.05, 0.1) is 12.4 Å². The summed E-state index contributed by atoms with van der Waals surface area (Å²) in [5, 5.41) is 0. The van der Waals surface area contributed by atoms with Gasteiger partial charge in [0.25, 0.3) is 0 Å². The molecule has 0 bridgehead atoms. The quantitative estimate of drug-likeness (QED) is 0.504. The van der Waals surface area contributed by atoms with Crippen molar-refractivity contribution in [2.45, 2.75) is 88.5 Å². The number of nitrogens with zero attached hydrogens (tertiary/aromatic N) is 1. The molecular formula is C20H45NO. The highest BCUT2D eigenvalue weighted by atomic mass is 16.5. The fourth-order valence-corrected chi connectivity index (χ4v) is 2.40. The largest absolute Gasteiger partial charge is 0.497 e. The third kappa shape index (κ3) is 8.82. The lowest BCUT2D eigenvalue weighted by molar-refractivity contribution is 0.0975. The molecular weight excluding hydrogens is 270 g/mol. The van der Waals surface area contributed by atoms with Gasteiger partial charge in [0, 0.05) is 5.41 Å². The number of ether oxygens (including phenoxy) is 1. The third-order valence-corrected chi connectivity index (χ3v) is 3.83. The summed E-state index contributed by atoms with van der Waals surface area (Å²) in [6.45, 7) is 24.0. The lowest BCUT2D eigenvalue weighted by Crippen LogP contribution is -2.39. The van der Waals surface area contributed by atoms with Gasteiger partial charge in [-0.1, -0.05) is 61.8 Å². The highest BCUT2D eigenvalue weighted by molar-refractivity contribution is 5.21. The number of allylic oxidation sites excluding steroid dienone is 1. The van der Waals surface area contributed by atoms with Crippen molar-refractivity contribution in [3.05, 3.63) is 11.3 Å². The van der Waals surface area contributed by atoms with Crippen molar-refractivity contribution in [2.75, 3.05) is 26.7 Å². The Morgan fingerprint density at radius 1 is 0.909 bits per heavy atom. The molecule has 2 aliphatic heterocycles. The van der Waals surface area contributed by atoms with Crippen LogP contribution in [0.2, 0.25) is 0 Å². The minimum atomic E-state index is 0.399. The second kappa shape index (κ2) is 16.9. The summed E-state index contributed by atoms with van der Waals surface area (Å²) in [6.07, 6.45) is 3.79. The van der Waals surface area contributed by atoms with Crippen LogP contribution in [0.1, 0.15) is 88.5 Å². The maximum absolute atomic E-state index is 5.65. The van der Waals surface area contributed by atoms with Crippen LogP contribution < -0.4 is 0 Å². The van der Waals surface area contributed by atoms with Crippen LogP contribution in [-0.4, -0.2) is 31.6 Å². The van der Waals surface area contributed by atoms with E-state index in [1.54, 1.807) is 0 Å². The molecule has 2 heteroatoms. The average Bonchev–Trinajstić information content (AvgIpc) is 2.86. The molecule has 136 valence electrons. The highest BCUT2D eigenvalue weighted by Crippen LogP contribution is 2.44. The van der Waals surface area contributed by atoms with Gasteiger partial charge in [-0.05, 0) is 52.4 Å². The normalized spacial score (nSPS) is 18.3. The molecule has 1 fully saturated rings. The Bertz CT molecular complexity index is 250. The molecule has 1 saturated heterocycles. The summed E-state index contributed by atoms with van der Waals surface area (Å²) in [7, 11) is 2.20. The molecule has 0 amide bonds. The van der Waals surface area contributed by atoms with Crippen molar-refractivity contribution >= 4 is 0 Å². The molecule has 0 aromatic heterocycles. The second-order valence-corrected chi connectivity index (χ2v) is 5.26. The standard InChI is InChI=1S/C11H19NO.C3H8.3C2H6/c1-9-10(2)13-8-11(9)4-6-12(3)7-5-11;1-3-2;3*1-2/h4-8H2,1-3H3;3H2,1-2H3;3*1-2H3. The lowest BCUT2D eigenvalue weighted by Gasteiger charge is -2.37. The average molecular weight is 316 g/mol. The summed E-state index contributed by atoms with van der Waals surface area (Å²) >= 11 is 0. The van der Waals surface area contributed by atoms with Gasteiger partial charge < -0.3 is 9.64 Å². The molecule has 2 rings (SSSR count). The molecule has 0 aromatic carbocycles. The van der Waals surface area contributed by atoms with Crippen molar-refractivity contribution in [2.24, 2.45) is 5.41 Å². The number of rotatable bonds is 0. The first-order chi connectivity index (χ1) is 10.6. The first-order valence-corrected chi connectivity index (χ1v) is 9.55. The van der Waals surface area contributed by atoms with Crippen LogP contribution in [0.15, 0.2) is 11.3 Å². The molecule has 0 atom stereocenters. The zero-order valence-electron chi connectivity index (χ0n) is 17.6. The van der Waals surface area contributed by atoms with Crippen LogP contribution in [0, 0.1) is 5.41 Å². The van der Waals surface area contributed by atoms with Crippen LogP contribution >= 0.6 is 0 Å². The fourth-order valence-electron chi connectivity index (χ4n) is 2.40. The van der Waals surface area contributed by atoms with E-state index in [-0.39, 0.29) is 0 Å². The molecule has 0 aliphatic carbocycles. The zero-order valence-corrected chi connectivity index (χ0v) is 17.6. The van der Waals surface area contributed by atoms with Crippen molar-refractivity contribution < 1.29 is 4.74 Å². The Hall–Kier alpha value is -0.500. The van der Waals surface area contributed by atoms with Gasteiger partial charge in [-0.3, -0.25) is 0 Å². The van der Waals surface area contributed by atoms with E-state index in [1.807, 2.05) is 41.5 Å². The summed E-state index contributed by atoms with van der Waals surface area (Å²) in [5.74, 6) is 1.17. The van der Waals surface area contributed by atoms with E-state index in [9.17, 15) is 0 Å². The first-order valence-electron chi connectivity index (χ1n) is 9.55. The highest BCUT2D eigenvalue weighted by Gasteiger charge is 2.40. The Morgan fingerprint density at radius 2 is 1.27 bits per heavy atom. The van der Waals surface area contributed by atoms with E-state index in [0.29, 0.717) is 5.41 Å². The Morgan fingerprint density at radius 3 is 1.55 bits per heavy atom. The van der Waals surface area contributed by atoms with Crippen LogP contribution in [0.25, 0.3) is 0 Å². The monoisotopic (exact) mass is 315 g/mol. The van der Waals surface area contributed by atoms with E-state index in [0.717, 1.165) is 6.61 Å². The molecule has 2 heterocycles. The number of piperidine rings is 1. The maximum atomic E-state index is 5.65. The number of likely N-dealkylation sites (tertiary alicyclic amines) is 1. The topological polar surface area (TPSA) is 12.5 Å². The number of hydrogen-bond acceptors (Lipinski definition) is 2. The molecule has 2 nitrogen and oxygen atoms in total. The van der Waals surface area contributed by atoms with Gasteiger partial charge >= 0.3 is 0 Å². The Kier molecular flexibility index (Phi) is 20.2. The summed E-state index contributed by atoms with van der Waals surface area (Å²) < 4.78 is 5.65. The lowest BCUT2D eigenvalue weighted by atomic mass is 9.74. The maximum Gasteiger partial charge on any atom is 0.0972 e. The molecule has 1 spiro atoms.